The number of para-hydroxylation sites is 1. The predicted octanol–water partition coefficient (Wildman–Crippen LogP) is 1.21. The lowest BCUT2D eigenvalue weighted by molar-refractivity contribution is 0.0760. The second-order valence-corrected chi connectivity index (χ2v) is 3.88. The third-order valence-electron chi connectivity index (χ3n) is 2.75. The van der Waals surface area contributed by atoms with Gasteiger partial charge in [-0.05, 0) is 32.0 Å². The van der Waals surface area contributed by atoms with E-state index < -0.39 is 0 Å². The van der Waals surface area contributed by atoms with Crippen LogP contribution in [0.2, 0.25) is 0 Å². The van der Waals surface area contributed by atoms with Gasteiger partial charge in [-0.2, -0.15) is 0 Å². The number of ether oxygens (including phenoxy) is 1. The largest absolute Gasteiger partial charge is 0.504 e. The van der Waals surface area contributed by atoms with Crippen molar-refractivity contribution in [3.8, 4) is 11.5 Å². The summed E-state index contributed by atoms with van der Waals surface area (Å²) < 4.78 is 4.99. The Hall–Kier alpha value is -1.75. The molecule has 0 saturated carbocycles. The van der Waals surface area contributed by atoms with E-state index in [1.54, 1.807) is 23.1 Å². The molecule has 5 nitrogen and oxygen atoms in total. The van der Waals surface area contributed by atoms with Crippen LogP contribution >= 0.6 is 0 Å². The SMILES string of the molecule is CCN(CCCN)C(=O)c1cccc(OC)c1O. The first-order chi connectivity index (χ1) is 8.65. The van der Waals surface area contributed by atoms with Gasteiger partial charge in [0.15, 0.2) is 11.5 Å². The molecule has 1 amide bonds. The summed E-state index contributed by atoms with van der Waals surface area (Å²) in [5.74, 6) is -0.0192. The van der Waals surface area contributed by atoms with E-state index in [9.17, 15) is 9.90 Å². The molecular formula is C13H20N2O3. The highest BCUT2D eigenvalue weighted by Crippen LogP contribution is 2.30. The highest BCUT2D eigenvalue weighted by Gasteiger charge is 2.19. The molecule has 0 aromatic heterocycles. The first-order valence-electron chi connectivity index (χ1n) is 6.01. The minimum absolute atomic E-state index is 0.115. The van der Waals surface area contributed by atoms with Crippen LogP contribution in [0.1, 0.15) is 23.7 Å². The number of hydrogen-bond acceptors (Lipinski definition) is 4. The molecule has 0 bridgehead atoms. The molecule has 0 aliphatic carbocycles. The number of aromatic hydroxyl groups is 1. The number of phenols is 1. The molecule has 0 atom stereocenters. The van der Waals surface area contributed by atoms with Crippen molar-refractivity contribution in [1.82, 2.24) is 4.90 Å². The highest BCUT2D eigenvalue weighted by atomic mass is 16.5. The number of rotatable bonds is 6. The number of nitrogens with two attached hydrogens (primary N) is 1. The van der Waals surface area contributed by atoms with Crippen molar-refractivity contribution in [3.63, 3.8) is 0 Å². The summed E-state index contributed by atoms with van der Waals surface area (Å²) in [6.07, 6.45) is 0.740. The average Bonchev–Trinajstić information content (AvgIpc) is 2.39. The van der Waals surface area contributed by atoms with Crippen LogP contribution in [0.15, 0.2) is 18.2 Å². The highest BCUT2D eigenvalue weighted by molar-refractivity contribution is 5.97. The van der Waals surface area contributed by atoms with Gasteiger partial charge < -0.3 is 20.5 Å². The Kier molecular flexibility index (Phi) is 5.45. The number of benzene rings is 1. The van der Waals surface area contributed by atoms with E-state index in [4.69, 9.17) is 10.5 Å². The van der Waals surface area contributed by atoms with Gasteiger partial charge >= 0.3 is 0 Å². The zero-order chi connectivity index (χ0) is 13.5. The van der Waals surface area contributed by atoms with Gasteiger partial charge in [0, 0.05) is 13.1 Å². The molecule has 100 valence electrons. The Balaban J connectivity index is 2.94. The maximum atomic E-state index is 12.2. The molecule has 0 unspecified atom stereocenters. The molecule has 1 aromatic carbocycles. The maximum absolute atomic E-state index is 12.2. The van der Waals surface area contributed by atoms with E-state index >= 15 is 0 Å². The summed E-state index contributed by atoms with van der Waals surface area (Å²) in [5.41, 5.74) is 5.70. The zero-order valence-electron chi connectivity index (χ0n) is 10.8. The van der Waals surface area contributed by atoms with Gasteiger partial charge in [0.25, 0.3) is 5.91 Å². The van der Waals surface area contributed by atoms with Crippen molar-refractivity contribution in [2.24, 2.45) is 5.73 Å². The van der Waals surface area contributed by atoms with Crippen molar-refractivity contribution in [3.05, 3.63) is 23.8 Å². The van der Waals surface area contributed by atoms with Crippen LogP contribution in [0.4, 0.5) is 0 Å². The fourth-order valence-corrected chi connectivity index (χ4v) is 1.72. The van der Waals surface area contributed by atoms with Gasteiger partial charge in [-0.1, -0.05) is 6.07 Å². The minimum atomic E-state index is -0.206. The number of nitrogens with zero attached hydrogens (tertiary/aromatic N) is 1. The van der Waals surface area contributed by atoms with E-state index in [0.717, 1.165) is 6.42 Å². The summed E-state index contributed by atoms with van der Waals surface area (Å²) in [6.45, 7) is 3.59. The van der Waals surface area contributed by atoms with Crippen LogP contribution in [-0.4, -0.2) is 42.7 Å². The average molecular weight is 252 g/mol. The Bertz CT molecular complexity index is 407. The predicted molar refractivity (Wildman–Crippen MR) is 69.9 cm³/mol. The van der Waals surface area contributed by atoms with E-state index in [1.807, 2.05) is 6.92 Å². The van der Waals surface area contributed by atoms with Crippen molar-refractivity contribution in [2.75, 3.05) is 26.7 Å². The van der Waals surface area contributed by atoms with Crippen molar-refractivity contribution < 1.29 is 14.6 Å². The first-order valence-corrected chi connectivity index (χ1v) is 6.01. The lowest BCUT2D eigenvalue weighted by Gasteiger charge is -2.21. The summed E-state index contributed by atoms with van der Waals surface area (Å²) >= 11 is 0. The van der Waals surface area contributed by atoms with Crippen LogP contribution in [-0.2, 0) is 0 Å². The van der Waals surface area contributed by atoms with Gasteiger partial charge in [0.05, 0.1) is 12.7 Å². The summed E-state index contributed by atoms with van der Waals surface area (Å²) in [4.78, 5) is 13.9. The van der Waals surface area contributed by atoms with Crippen LogP contribution in [0, 0.1) is 0 Å². The molecule has 0 aliphatic rings. The zero-order valence-corrected chi connectivity index (χ0v) is 10.8. The van der Waals surface area contributed by atoms with E-state index in [2.05, 4.69) is 0 Å². The molecule has 5 heteroatoms. The Morgan fingerprint density at radius 1 is 1.50 bits per heavy atom. The first kappa shape index (κ1) is 14.3. The number of carbonyl (C=O) groups excluding carboxylic acids is 1. The number of phenolic OH excluding ortho intramolecular Hbond substituents is 1. The third-order valence-corrected chi connectivity index (χ3v) is 2.75. The van der Waals surface area contributed by atoms with Gasteiger partial charge in [0.1, 0.15) is 0 Å². The lowest BCUT2D eigenvalue weighted by atomic mass is 10.1. The number of carbonyl (C=O) groups is 1. The number of amides is 1. The summed E-state index contributed by atoms with van der Waals surface area (Å²) in [7, 11) is 1.45. The van der Waals surface area contributed by atoms with E-state index in [0.29, 0.717) is 25.4 Å². The molecule has 3 N–H and O–H groups in total. The van der Waals surface area contributed by atoms with Gasteiger partial charge in [0.2, 0.25) is 0 Å². The number of hydrogen-bond donors (Lipinski definition) is 2. The van der Waals surface area contributed by atoms with Gasteiger partial charge in [-0.25, -0.2) is 0 Å². The molecular weight excluding hydrogens is 232 g/mol. The molecule has 0 fully saturated rings. The van der Waals surface area contributed by atoms with Crippen LogP contribution in [0.3, 0.4) is 0 Å². The fraction of sp³-hybridized carbons (Fsp3) is 0.462. The van der Waals surface area contributed by atoms with Crippen molar-refractivity contribution >= 4 is 5.91 Å². The van der Waals surface area contributed by atoms with Crippen LogP contribution in [0.5, 0.6) is 11.5 Å². The topological polar surface area (TPSA) is 75.8 Å². The van der Waals surface area contributed by atoms with E-state index in [1.165, 1.54) is 7.11 Å². The molecule has 0 aliphatic heterocycles. The molecule has 0 radical (unpaired) electrons. The fourth-order valence-electron chi connectivity index (χ4n) is 1.72. The molecule has 0 spiro atoms. The van der Waals surface area contributed by atoms with Crippen molar-refractivity contribution in [1.29, 1.82) is 0 Å². The second-order valence-electron chi connectivity index (χ2n) is 3.88. The minimum Gasteiger partial charge on any atom is -0.504 e. The van der Waals surface area contributed by atoms with Crippen molar-refractivity contribution in [2.45, 2.75) is 13.3 Å². The lowest BCUT2D eigenvalue weighted by Crippen LogP contribution is -2.32. The van der Waals surface area contributed by atoms with Gasteiger partial charge in [-0.3, -0.25) is 4.79 Å². The number of methoxy groups -OCH3 is 1. The monoisotopic (exact) mass is 252 g/mol. The third kappa shape index (κ3) is 3.13. The standard InChI is InChI=1S/C13H20N2O3/c1-3-15(9-5-8-14)13(17)10-6-4-7-11(18-2)12(10)16/h4,6-7,16H,3,5,8-9,14H2,1-2H3. The van der Waals surface area contributed by atoms with Gasteiger partial charge in [-0.15, -0.1) is 0 Å². The molecule has 18 heavy (non-hydrogen) atoms. The summed E-state index contributed by atoms with van der Waals surface area (Å²) in [5, 5.41) is 9.93. The Labute approximate surface area is 107 Å². The molecule has 0 heterocycles. The van der Waals surface area contributed by atoms with Crippen LogP contribution < -0.4 is 10.5 Å². The Morgan fingerprint density at radius 3 is 2.78 bits per heavy atom. The normalized spacial score (nSPS) is 10.2. The molecule has 0 saturated heterocycles. The van der Waals surface area contributed by atoms with Crippen LogP contribution in [0.25, 0.3) is 0 Å². The maximum Gasteiger partial charge on any atom is 0.257 e. The second kappa shape index (κ2) is 6.86. The smallest absolute Gasteiger partial charge is 0.257 e. The Morgan fingerprint density at radius 2 is 2.22 bits per heavy atom. The quantitative estimate of drug-likeness (QED) is 0.798. The van der Waals surface area contributed by atoms with E-state index in [-0.39, 0.29) is 17.2 Å². The molecule has 1 rings (SSSR count). The molecule has 1 aromatic rings. The summed E-state index contributed by atoms with van der Waals surface area (Å²) in [6, 6.07) is 4.89.